The van der Waals surface area contributed by atoms with Crippen LogP contribution in [-0.4, -0.2) is 12.9 Å². The molecule has 0 spiro atoms. The van der Waals surface area contributed by atoms with Crippen LogP contribution in [0.15, 0.2) is 36.0 Å². The van der Waals surface area contributed by atoms with E-state index >= 15 is 0 Å². The number of aryl methyl sites for hydroxylation is 1. The van der Waals surface area contributed by atoms with E-state index in [0.29, 0.717) is 0 Å². The Kier molecular flexibility index (Phi) is 4.60. The molecule has 2 nitrogen and oxygen atoms in total. The molecular weight excluding hydrogens is 279 g/mol. The maximum absolute atomic E-state index is 12.3. The summed E-state index contributed by atoms with van der Waals surface area (Å²) in [5.74, 6) is -0.187. The molecule has 114 valence electrons. The van der Waals surface area contributed by atoms with Crippen LogP contribution in [-0.2, 0) is 6.42 Å². The first kappa shape index (κ1) is 15.5. The normalized spacial score (nSPS) is 14.8. The lowest BCUT2D eigenvalue weighted by Gasteiger charge is -2.12. The smallest absolute Gasteiger partial charge is 0.406 e. The summed E-state index contributed by atoms with van der Waals surface area (Å²) in [7, 11) is 0. The molecule has 0 aliphatic heterocycles. The maximum atomic E-state index is 12.3. The van der Waals surface area contributed by atoms with E-state index in [1.165, 1.54) is 12.1 Å². The predicted octanol–water partition coefficient (Wildman–Crippen LogP) is 4.43. The van der Waals surface area contributed by atoms with Gasteiger partial charge in [0.15, 0.2) is 0 Å². The summed E-state index contributed by atoms with van der Waals surface area (Å²) in [4.78, 5) is 0. The molecule has 0 fully saturated rings. The van der Waals surface area contributed by atoms with Crippen LogP contribution in [0, 0.1) is 0 Å². The minimum absolute atomic E-state index is 0.187. The molecule has 0 unspecified atom stereocenters. The van der Waals surface area contributed by atoms with Gasteiger partial charge in [-0.05, 0) is 61.1 Å². The van der Waals surface area contributed by atoms with Gasteiger partial charge in [-0.2, -0.15) is 0 Å². The number of fused-ring (bicyclic) bond motifs is 1. The largest absolute Gasteiger partial charge is 0.573 e. The van der Waals surface area contributed by atoms with Crippen LogP contribution in [0.3, 0.4) is 0 Å². The van der Waals surface area contributed by atoms with Crippen molar-refractivity contribution in [2.75, 3.05) is 6.54 Å². The highest BCUT2D eigenvalue weighted by Crippen LogP contribution is 2.30. The molecule has 0 saturated carbocycles. The Morgan fingerprint density at radius 1 is 1.33 bits per heavy atom. The third-order valence-electron chi connectivity index (χ3n) is 3.35. The topological polar surface area (TPSA) is 21.3 Å². The van der Waals surface area contributed by atoms with Gasteiger partial charge >= 0.3 is 6.36 Å². The highest BCUT2D eigenvalue weighted by atomic mass is 19.4. The van der Waals surface area contributed by atoms with Gasteiger partial charge in [-0.25, -0.2) is 0 Å². The fourth-order valence-electron chi connectivity index (χ4n) is 2.43. The van der Waals surface area contributed by atoms with Gasteiger partial charge in [0.05, 0.1) is 0 Å². The van der Waals surface area contributed by atoms with Crippen LogP contribution in [0.2, 0.25) is 0 Å². The second kappa shape index (κ2) is 6.24. The van der Waals surface area contributed by atoms with Crippen LogP contribution >= 0.6 is 0 Å². The number of likely N-dealkylation sites (N-methyl/N-ethyl adjacent to an activating group) is 1. The number of halogens is 3. The number of allylic oxidation sites excluding steroid dienone is 1. The van der Waals surface area contributed by atoms with Crippen LogP contribution in [0.4, 0.5) is 13.2 Å². The molecule has 1 N–H and O–H groups in total. The van der Waals surface area contributed by atoms with Crippen molar-refractivity contribution >= 4 is 6.08 Å². The van der Waals surface area contributed by atoms with Gasteiger partial charge in [-0.1, -0.05) is 12.6 Å². The molecule has 1 aromatic carbocycles. The van der Waals surface area contributed by atoms with Crippen molar-refractivity contribution in [1.29, 1.82) is 0 Å². The average molecular weight is 297 g/mol. The monoisotopic (exact) mass is 297 g/mol. The van der Waals surface area contributed by atoms with Gasteiger partial charge in [0.1, 0.15) is 5.75 Å². The van der Waals surface area contributed by atoms with E-state index in [4.69, 9.17) is 0 Å². The summed E-state index contributed by atoms with van der Waals surface area (Å²) in [6, 6.07) is 4.50. The lowest BCUT2D eigenvalue weighted by Crippen LogP contribution is -2.17. The first-order valence-corrected chi connectivity index (χ1v) is 6.91. The molecule has 0 radical (unpaired) electrons. The number of rotatable bonds is 4. The molecule has 21 heavy (non-hydrogen) atoms. The van der Waals surface area contributed by atoms with E-state index in [9.17, 15) is 13.2 Å². The van der Waals surface area contributed by atoms with E-state index in [1.807, 2.05) is 13.0 Å². The van der Waals surface area contributed by atoms with Gasteiger partial charge in [-0.15, -0.1) is 13.2 Å². The van der Waals surface area contributed by atoms with Crippen molar-refractivity contribution in [3.63, 3.8) is 0 Å². The lowest BCUT2D eigenvalue weighted by atomic mass is 10.0. The lowest BCUT2D eigenvalue weighted by molar-refractivity contribution is -0.274. The fraction of sp³-hybridized carbons (Fsp3) is 0.375. The first-order chi connectivity index (χ1) is 9.89. The summed E-state index contributed by atoms with van der Waals surface area (Å²) >= 11 is 0. The molecule has 0 bridgehead atoms. The van der Waals surface area contributed by atoms with Crippen molar-refractivity contribution in [2.45, 2.75) is 32.5 Å². The molecule has 1 aromatic rings. The molecule has 0 heterocycles. The summed E-state index contributed by atoms with van der Waals surface area (Å²) in [5, 5.41) is 3.15. The third kappa shape index (κ3) is 4.28. The van der Waals surface area contributed by atoms with Gasteiger partial charge in [0, 0.05) is 12.2 Å². The van der Waals surface area contributed by atoms with Crippen molar-refractivity contribution in [3.8, 4) is 5.75 Å². The molecule has 1 aliphatic carbocycles. The Hall–Kier alpha value is -1.91. The fourth-order valence-corrected chi connectivity index (χ4v) is 2.43. The first-order valence-electron chi connectivity index (χ1n) is 6.91. The van der Waals surface area contributed by atoms with Crippen molar-refractivity contribution < 1.29 is 17.9 Å². The van der Waals surface area contributed by atoms with E-state index in [1.54, 1.807) is 6.07 Å². The average Bonchev–Trinajstić information content (AvgIpc) is 2.58. The summed E-state index contributed by atoms with van der Waals surface area (Å²) in [6.45, 7) is 6.72. The van der Waals surface area contributed by atoms with Gasteiger partial charge < -0.3 is 10.1 Å². The minimum Gasteiger partial charge on any atom is -0.406 e. The van der Waals surface area contributed by atoms with E-state index < -0.39 is 6.36 Å². The molecule has 0 atom stereocenters. The molecule has 0 amide bonds. The third-order valence-corrected chi connectivity index (χ3v) is 3.35. The zero-order valence-corrected chi connectivity index (χ0v) is 11.9. The standard InChI is InChI=1S/C16H18F3NO/c1-3-20-11(2)13-6-4-5-12-7-8-15(10-14(12)9-13)21-16(17,18)19/h7-10,20H,2-6H2,1H3. The van der Waals surface area contributed by atoms with Gasteiger partial charge in [0.2, 0.25) is 0 Å². The zero-order valence-electron chi connectivity index (χ0n) is 11.9. The van der Waals surface area contributed by atoms with Crippen molar-refractivity contribution in [1.82, 2.24) is 5.32 Å². The van der Waals surface area contributed by atoms with Crippen LogP contribution in [0.5, 0.6) is 5.75 Å². The maximum Gasteiger partial charge on any atom is 0.573 e. The van der Waals surface area contributed by atoms with Crippen molar-refractivity contribution in [3.05, 3.63) is 47.2 Å². The Labute approximate surface area is 122 Å². The van der Waals surface area contributed by atoms with Crippen LogP contribution < -0.4 is 10.1 Å². The summed E-state index contributed by atoms with van der Waals surface area (Å²) in [5.41, 5.74) is 3.65. The second-order valence-corrected chi connectivity index (χ2v) is 4.94. The highest BCUT2D eigenvalue weighted by molar-refractivity contribution is 5.63. The van der Waals surface area contributed by atoms with Crippen LogP contribution in [0.25, 0.3) is 6.08 Å². The minimum atomic E-state index is -4.67. The summed E-state index contributed by atoms with van der Waals surface area (Å²) in [6.07, 6.45) is -0.130. The number of nitrogens with one attached hydrogen (secondary N) is 1. The van der Waals surface area contributed by atoms with Gasteiger partial charge in [-0.3, -0.25) is 0 Å². The second-order valence-electron chi connectivity index (χ2n) is 4.94. The summed E-state index contributed by atoms with van der Waals surface area (Å²) < 4.78 is 40.9. The number of benzene rings is 1. The Morgan fingerprint density at radius 3 is 2.76 bits per heavy atom. The highest BCUT2D eigenvalue weighted by Gasteiger charge is 2.31. The SMILES string of the molecule is C=C(NCC)C1=Cc2cc(OC(F)(F)F)ccc2CCC1. The molecule has 2 rings (SSSR count). The predicted molar refractivity (Wildman–Crippen MR) is 76.9 cm³/mol. The van der Waals surface area contributed by atoms with Gasteiger partial charge in [0.25, 0.3) is 0 Å². The Balaban J connectivity index is 2.31. The number of hydrogen-bond donors (Lipinski definition) is 1. The van der Waals surface area contributed by atoms with Crippen LogP contribution in [0.1, 0.15) is 30.9 Å². The van der Waals surface area contributed by atoms with Crippen molar-refractivity contribution in [2.24, 2.45) is 0 Å². The number of alkyl halides is 3. The number of ether oxygens (including phenoxy) is 1. The molecular formula is C16H18F3NO. The molecule has 1 aliphatic rings. The Bertz CT molecular complexity index is 561. The van der Waals surface area contributed by atoms with E-state index in [0.717, 1.165) is 48.2 Å². The molecule has 0 aromatic heterocycles. The van der Waals surface area contributed by atoms with E-state index in [-0.39, 0.29) is 5.75 Å². The molecule has 5 heteroatoms. The molecule has 0 saturated heterocycles. The zero-order chi connectivity index (χ0) is 15.5. The quantitative estimate of drug-likeness (QED) is 0.887. The van der Waals surface area contributed by atoms with E-state index in [2.05, 4.69) is 16.6 Å². The number of hydrogen-bond acceptors (Lipinski definition) is 2. The Morgan fingerprint density at radius 2 is 2.10 bits per heavy atom.